The van der Waals surface area contributed by atoms with Crippen LogP contribution in [0.1, 0.15) is 5.56 Å². The molecule has 0 fully saturated rings. The van der Waals surface area contributed by atoms with Crippen LogP contribution < -0.4 is 0 Å². The highest BCUT2D eigenvalue weighted by molar-refractivity contribution is 7.99. The molecule has 0 saturated carbocycles. The number of rotatable bonds is 3. The van der Waals surface area contributed by atoms with Crippen LogP contribution in [0.3, 0.4) is 0 Å². The molecular weight excluding hydrogens is 397 g/mol. The van der Waals surface area contributed by atoms with Crippen LogP contribution in [-0.2, 0) is 6.18 Å². The summed E-state index contributed by atoms with van der Waals surface area (Å²) in [6.45, 7) is 0. The molecular formula is C19H10ClF3N2OS. The topological polar surface area (TPSA) is 38.9 Å². The van der Waals surface area contributed by atoms with Crippen molar-refractivity contribution in [3.63, 3.8) is 0 Å². The van der Waals surface area contributed by atoms with Gasteiger partial charge in [-0.25, -0.2) is 4.98 Å². The predicted octanol–water partition coefficient (Wildman–Crippen LogP) is 6.71. The fourth-order valence-electron chi connectivity index (χ4n) is 2.49. The zero-order valence-electron chi connectivity index (χ0n) is 13.5. The Balaban J connectivity index is 1.74. The Morgan fingerprint density at radius 3 is 2.52 bits per heavy atom. The first-order chi connectivity index (χ1) is 12.9. The van der Waals surface area contributed by atoms with E-state index in [0.717, 1.165) is 21.9 Å². The lowest BCUT2D eigenvalue weighted by Crippen LogP contribution is -2.03. The van der Waals surface area contributed by atoms with Gasteiger partial charge in [-0.3, -0.25) is 4.98 Å². The molecule has 2 aromatic carbocycles. The maximum absolute atomic E-state index is 12.9. The van der Waals surface area contributed by atoms with Gasteiger partial charge in [0.2, 0.25) is 5.89 Å². The highest BCUT2D eigenvalue weighted by Gasteiger charge is 2.31. The van der Waals surface area contributed by atoms with E-state index >= 15 is 0 Å². The predicted molar refractivity (Wildman–Crippen MR) is 97.8 cm³/mol. The van der Waals surface area contributed by atoms with Crippen molar-refractivity contribution in [1.82, 2.24) is 9.97 Å². The number of aromatic nitrogens is 2. The minimum atomic E-state index is -4.43. The molecule has 0 atom stereocenters. The third kappa shape index (κ3) is 3.79. The van der Waals surface area contributed by atoms with Gasteiger partial charge in [-0.2, -0.15) is 13.2 Å². The van der Waals surface area contributed by atoms with E-state index in [0.29, 0.717) is 10.6 Å². The Morgan fingerprint density at radius 1 is 1.00 bits per heavy atom. The molecule has 0 aliphatic heterocycles. The molecule has 0 amide bonds. The van der Waals surface area contributed by atoms with Crippen LogP contribution in [0.2, 0.25) is 5.02 Å². The molecule has 2 heterocycles. The number of alkyl halides is 3. The first-order valence-corrected chi connectivity index (χ1v) is 8.95. The fraction of sp³-hybridized carbons (Fsp3) is 0.0526. The van der Waals surface area contributed by atoms with Gasteiger partial charge in [-0.15, -0.1) is 0 Å². The Morgan fingerprint density at radius 2 is 1.78 bits per heavy atom. The maximum Gasteiger partial charge on any atom is 0.416 e. The molecule has 0 spiro atoms. The minimum absolute atomic E-state index is 0.152. The molecule has 8 heteroatoms. The number of oxazole rings is 1. The minimum Gasteiger partial charge on any atom is -0.436 e. The summed E-state index contributed by atoms with van der Waals surface area (Å²) in [5.41, 5.74) is 0.325. The Kier molecular flexibility index (Phi) is 4.57. The Bertz CT molecular complexity index is 1110. The van der Waals surface area contributed by atoms with E-state index in [9.17, 15) is 13.2 Å². The van der Waals surface area contributed by atoms with Crippen molar-refractivity contribution in [3.05, 3.63) is 71.5 Å². The molecule has 0 radical (unpaired) electrons. The van der Waals surface area contributed by atoms with Gasteiger partial charge in [0, 0.05) is 27.2 Å². The molecule has 0 unspecified atom stereocenters. The lowest BCUT2D eigenvalue weighted by molar-refractivity contribution is -0.137. The molecule has 4 aromatic rings. The van der Waals surface area contributed by atoms with E-state index in [1.54, 1.807) is 30.6 Å². The Labute approximate surface area is 161 Å². The zero-order chi connectivity index (χ0) is 19.0. The molecule has 0 saturated heterocycles. The number of hydrogen-bond acceptors (Lipinski definition) is 4. The van der Waals surface area contributed by atoms with Crippen molar-refractivity contribution in [1.29, 1.82) is 0 Å². The number of fused-ring (bicyclic) bond motifs is 1. The molecule has 0 aliphatic carbocycles. The number of hydrogen-bond donors (Lipinski definition) is 0. The monoisotopic (exact) mass is 406 g/mol. The number of nitrogens with zero attached hydrogens (tertiary/aromatic N) is 2. The molecule has 4 rings (SSSR count). The first kappa shape index (κ1) is 17.9. The van der Waals surface area contributed by atoms with Crippen molar-refractivity contribution in [3.8, 4) is 11.5 Å². The molecule has 136 valence electrons. The van der Waals surface area contributed by atoms with Crippen LogP contribution in [0.15, 0.2) is 75.1 Å². The quantitative estimate of drug-likeness (QED) is 0.379. The summed E-state index contributed by atoms with van der Waals surface area (Å²) < 4.78 is 44.4. The summed E-state index contributed by atoms with van der Waals surface area (Å²) in [5, 5.41) is 0.630. The van der Waals surface area contributed by atoms with E-state index in [4.69, 9.17) is 16.0 Å². The second-order valence-corrected chi connectivity index (χ2v) is 7.18. The van der Waals surface area contributed by atoms with E-state index in [1.807, 2.05) is 12.1 Å². The third-order valence-corrected chi connectivity index (χ3v) is 5.08. The van der Waals surface area contributed by atoms with Crippen LogP contribution in [-0.4, -0.2) is 9.97 Å². The Hall–Kier alpha value is -2.51. The molecule has 0 aliphatic rings. The normalized spacial score (nSPS) is 11.9. The summed E-state index contributed by atoms with van der Waals surface area (Å²) >= 11 is 7.34. The summed E-state index contributed by atoms with van der Waals surface area (Å²) in [4.78, 5) is 10.1. The average Bonchev–Trinajstić information content (AvgIpc) is 3.06. The standard InChI is InChI=1S/C19H10ClF3N2OS/c20-12-2-4-13(5-3-12)27-17-10-24-8-7-14(17)18-25-15-9-11(19(21,22)23)1-6-16(15)26-18/h1-10H. The van der Waals surface area contributed by atoms with E-state index in [2.05, 4.69) is 9.97 Å². The van der Waals surface area contributed by atoms with Crippen molar-refractivity contribution < 1.29 is 17.6 Å². The van der Waals surface area contributed by atoms with Crippen LogP contribution in [0.25, 0.3) is 22.6 Å². The van der Waals surface area contributed by atoms with Gasteiger partial charge in [0.05, 0.1) is 11.1 Å². The number of pyridine rings is 1. The van der Waals surface area contributed by atoms with Crippen LogP contribution in [0.4, 0.5) is 13.2 Å². The summed E-state index contributed by atoms with van der Waals surface area (Å²) in [6.07, 6.45) is -1.19. The van der Waals surface area contributed by atoms with E-state index in [-0.39, 0.29) is 17.0 Å². The molecule has 3 nitrogen and oxygen atoms in total. The summed E-state index contributed by atoms with van der Waals surface area (Å²) in [6, 6.07) is 12.2. The number of halogens is 4. The van der Waals surface area contributed by atoms with Crippen molar-refractivity contribution in [2.45, 2.75) is 16.0 Å². The van der Waals surface area contributed by atoms with Crippen LogP contribution in [0, 0.1) is 0 Å². The maximum atomic E-state index is 12.9. The van der Waals surface area contributed by atoms with Crippen molar-refractivity contribution >= 4 is 34.5 Å². The van der Waals surface area contributed by atoms with Crippen LogP contribution in [0.5, 0.6) is 0 Å². The van der Waals surface area contributed by atoms with E-state index in [1.165, 1.54) is 17.8 Å². The lowest BCUT2D eigenvalue weighted by atomic mass is 10.2. The molecule has 0 N–H and O–H groups in total. The van der Waals surface area contributed by atoms with E-state index < -0.39 is 11.7 Å². The van der Waals surface area contributed by atoms with Crippen molar-refractivity contribution in [2.24, 2.45) is 0 Å². The van der Waals surface area contributed by atoms with Gasteiger partial charge in [0.25, 0.3) is 0 Å². The zero-order valence-corrected chi connectivity index (χ0v) is 15.1. The smallest absolute Gasteiger partial charge is 0.416 e. The SMILES string of the molecule is FC(F)(F)c1ccc2oc(-c3ccncc3Sc3ccc(Cl)cc3)nc2c1. The van der Waals surface area contributed by atoms with Gasteiger partial charge in [-0.1, -0.05) is 23.4 Å². The van der Waals surface area contributed by atoms with Gasteiger partial charge < -0.3 is 4.42 Å². The molecule has 27 heavy (non-hydrogen) atoms. The average molecular weight is 407 g/mol. The van der Waals surface area contributed by atoms with Crippen LogP contribution >= 0.6 is 23.4 Å². The third-order valence-electron chi connectivity index (χ3n) is 3.77. The van der Waals surface area contributed by atoms with Crippen molar-refractivity contribution in [2.75, 3.05) is 0 Å². The molecule has 2 aromatic heterocycles. The largest absolute Gasteiger partial charge is 0.436 e. The molecule has 0 bridgehead atoms. The fourth-order valence-corrected chi connectivity index (χ4v) is 3.52. The number of benzene rings is 2. The highest BCUT2D eigenvalue weighted by atomic mass is 35.5. The highest BCUT2D eigenvalue weighted by Crippen LogP contribution is 2.37. The lowest BCUT2D eigenvalue weighted by Gasteiger charge is -2.05. The second kappa shape index (κ2) is 6.90. The second-order valence-electron chi connectivity index (χ2n) is 5.63. The van der Waals surface area contributed by atoms with Gasteiger partial charge in [0.1, 0.15) is 5.52 Å². The van der Waals surface area contributed by atoms with Gasteiger partial charge in [0.15, 0.2) is 5.58 Å². The first-order valence-electron chi connectivity index (χ1n) is 7.76. The van der Waals surface area contributed by atoms with Gasteiger partial charge >= 0.3 is 6.18 Å². The van der Waals surface area contributed by atoms with Gasteiger partial charge in [-0.05, 0) is 48.5 Å². The summed E-state index contributed by atoms with van der Waals surface area (Å²) in [7, 11) is 0. The summed E-state index contributed by atoms with van der Waals surface area (Å²) in [5.74, 6) is 0.239.